The standard InChI is InChI=1S/C13H13FN2O/c1-2-7-16-13(17)11(9-15)8-10-3-5-12(14)6-4-10/h3-6,8H,2,7H2,1H3,(H,16,17)/b11-8-. The van der Waals surface area contributed by atoms with Crippen molar-refractivity contribution in [2.24, 2.45) is 0 Å². The van der Waals surface area contributed by atoms with Gasteiger partial charge in [0.2, 0.25) is 0 Å². The first-order chi connectivity index (χ1) is 8.17. The second kappa shape index (κ2) is 6.44. The summed E-state index contributed by atoms with van der Waals surface area (Å²) in [5.41, 5.74) is 0.639. The van der Waals surface area contributed by atoms with E-state index < -0.39 is 5.91 Å². The number of hydrogen-bond acceptors (Lipinski definition) is 2. The van der Waals surface area contributed by atoms with Gasteiger partial charge in [0, 0.05) is 6.54 Å². The number of benzene rings is 1. The quantitative estimate of drug-likeness (QED) is 0.639. The zero-order valence-electron chi connectivity index (χ0n) is 9.53. The number of carbonyl (C=O) groups excluding carboxylic acids is 1. The predicted molar refractivity (Wildman–Crippen MR) is 63.3 cm³/mol. The fraction of sp³-hybridized carbons (Fsp3) is 0.231. The Morgan fingerprint density at radius 1 is 1.47 bits per heavy atom. The number of nitrogens with zero attached hydrogens (tertiary/aromatic N) is 1. The van der Waals surface area contributed by atoms with E-state index in [1.807, 2.05) is 13.0 Å². The lowest BCUT2D eigenvalue weighted by Crippen LogP contribution is -2.25. The van der Waals surface area contributed by atoms with Crippen LogP contribution in [0.3, 0.4) is 0 Å². The van der Waals surface area contributed by atoms with Crippen molar-refractivity contribution in [3.63, 3.8) is 0 Å². The normalized spacial score (nSPS) is 10.8. The molecule has 88 valence electrons. The highest BCUT2D eigenvalue weighted by Gasteiger charge is 2.07. The smallest absolute Gasteiger partial charge is 0.261 e. The summed E-state index contributed by atoms with van der Waals surface area (Å²) in [4.78, 5) is 11.5. The highest BCUT2D eigenvalue weighted by atomic mass is 19.1. The van der Waals surface area contributed by atoms with Crippen LogP contribution in [0.1, 0.15) is 18.9 Å². The SMILES string of the molecule is CCCNC(=O)/C(C#N)=C\c1ccc(F)cc1. The second-order valence-corrected chi connectivity index (χ2v) is 3.48. The molecule has 0 aliphatic rings. The molecule has 1 rings (SSSR count). The highest BCUT2D eigenvalue weighted by Crippen LogP contribution is 2.08. The summed E-state index contributed by atoms with van der Waals surface area (Å²) in [6.45, 7) is 2.46. The maximum atomic E-state index is 12.7. The van der Waals surface area contributed by atoms with Gasteiger partial charge in [0.15, 0.2) is 0 Å². The van der Waals surface area contributed by atoms with Gasteiger partial charge in [-0.3, -0.25) is 4.79 Å². The number of carbonyl (C=O) groups is 1. The number of nitriles is 1. The van der Waals surface area contributed by atoms with Crippen LogP contribution in [0, 0.1) is 17.1 Å². The van der Waals surface area contributed by atoms with Gasteiger partial charge < -0.3 is 5.32 Å². The zero-order valence-corrected chi connectivity index (χ0v) is 9.53. The van der Waals surface area contributed by atoms with Crippen LogP contribution >= 0.6 is 0 Å². The Morgan fingerprint density at radius 2 is 2.12 bits per heavy atom. The minimum atomic E-state index is -0.404. The third kappa shape index (κ3) is 4.07. The molecule has 17 heavy (non-hydrogen) atoms. The maximum absolute atomic E-state index is 12.7. The van der Waals surface area contributed by atoms with Gasteiger partial charge in [0.05, 0.1) is 0 Å². The second-order valence-electron chi connectivity index (χ2n) is 3.48. The van der Waals surface area contributed by atoms with Gasteiger partial charge in [-0.15, -0.1) is 0 Å². The Morgan fingerprint density at radius 3 is 2.65 bits per heavy atom. The molecule has 0 saturated heterocycles. The average Bonchev–Trinajstić information content (AvgIpc) is 2.35. The maximum Gasteiger partial charge on any atom is 0.261 e. The molecule has 0 bridgehead atoms. The van der Waals surface area contributed by atoms with Gasteiger partial charge in [-0.1, -0.05) is 19.1 Å². The minimum absolute atomic E-state index is 0.0186. The number of hydrogen-bond donors (Lipinski definition) is 1. The summed E-state index contributed by atoms with van der Waals surface area (Å²) in [6, 6.07) is 7.42. The summed E-state index contributed by atoms with van der Waals surface area (Å²) in [5, 5.41) is 11.5. The molecule has 0 atom stereocenters. The third-order valence-electron chi connectivity index (χ3n) is 2.08. The Hall–Kier alpha value is -2.15. The first-order valence-electron chi connectivity index (χ1n) is 5.33. The molecule has 0 aromatic heterocycles. The first kappa shape index (κ1) is 12.9. The van der Waals surface area contributed by atoms with Crippen LogP contribution in [0.5, 0.6) is 0 Å². The van der Waals surface area contributed by atoms with E-state index in [0.717, 1.165) is 6.42 Å². The van der Waals surface area contributed by atoms with E-state index >= 15 is 0 Å². The average molecular weight is 232 g/mol. The van der Waals surface area contributed by atoms with Crippen LogP contribution in [-0.2, 0) is 4.79 Å². The lowest BCUT2D eigenvalue weighted by Gasteiger charge is -2.01. The van der Waals surface area contributed by atoms with E-state index in [2.05, 4.69) is 5.32 Å². The summed E-state index contributed by atoms with van der Waals surface area (Å²) in [6.07, 6.45) is 2.24. The molecular weight excluding hydrogens is 219 g/mol. The molecule has 0 aliphatic heterocycles. The predicted octanol–water partition coefficient (Wildman–Crippen LogP) is 2.26. The van der Waals surface area contributed by atoms with Crippen LogP contribution in [-0.4, -0.2) is 12.5 Å². The Balaban J connectivity index is 2.83. The van der Waals surface area contributed by atoms with Crippen molar-refractivity contribution in [1.29, 1.82) is 5.26 Å². The fourth-order valence-corrected chi connectivity index (χ4v) is 1.21. The molecule has 1 aromatic rings. The zero-order chi connectivity index (χ0) is 12.7. The summed E-state index contributed by atoms with van der Waals surface area (Å²) in [7, 11) is 0. The van der Waals surface area contributed by atoms with Gasteiger partial charge in [-0.2, -0.15) is 5.26 Å². The minimum Gasteiger partial charge on any atom is -0.351 e. The molecule has 0 aliphatic carbocycles. The lowest BCUT2D eigenvalue weighted by atomic mass is 10.1. The number of amides is 1. The summed E-state index contributed by atoms with van der Waals surface area (Å²) in [5.74, 6) is -0.755. The van der Waals surface area contributed by atoms with Crippen molar-refractivity contribution < 1.29 is 9.18 Å². The van der Waals surface area contributed by atoms with Crippen LogP contribution in [0.4, 0.5) is 4.39 Å². The van der Waals surface area contributed by atoms with E-state index in [-0.39, 0.29) is 11.4 Å². The molecule has 4 heteroatoms. The largest absolute Gasteiger partial charge is 0.351 e. The van der Waals surface area contributed by atoms with Crippen molar-refractivity contribution >= 4 is 12.0 Å². The van der Waals surface area contributed by atoms with Crippen LogP contribution in [0.2, 0.25) is 0 Å². The molecule has 0 heterocycles. The summed E-state index contributed by atoms with van der Waals surface area (Å²) < 4.78 is 12.7. The molecule has 0 saturated carbocycles. The molecule has 0 fully saturated rings. The fourth-order valence-electron chi connectivity index (χ4n) is 1.21. The van der Waals surface area contributed by atoms with E-state index in [1.54, 1.807) is 0 Å². The molecule has 3 nitrogen and oxygen atoms in total. The molecule has 0 unspecified atom stereocenters. The molecular formula is C13H13FN2O. The van der Waals surface area contributed by atoms with Gasteiger partial charge in [0.25, 0.3) is 5.91 Å². The van der Waals surface area contributed by atoms with E-state index in [4.69, 9.17) is 5.26 Å². The number of nitrogens with one attached hydrogen (secondary N) is 1. The van der Waals surface area contributed by atoms with E-state index in [0.29, 0.717) is 12.1 Å². The monoisotopic (exact) mass is 232 g/mol. The van der Waals surface area contributed by atoms with E-state index in [9.17, 15) is 9.18 Å². The summed E-state index contributed by atoms with van der Waals surface area (Å²) >= 11 is 0. The van der Waals surface area contributed by atoms with Crippen molar-refractivity contribution in [2.75, 3.05) is 6.54 Å². The molecule has 1 aromatic carbocycles. The third-order valence-corrected chi connectivity index (χ3v) is 2.08. The van der Waals surface area contributed by atoms with Crippen molar-refractivity contribution in [3.05, 3.63) is 41.2 Å². The molecule has 0 radical (unpaired) electrons. The van der Waals surface area contributed by atoms with Crippen LogP contribution in [0.25, 0.3) is 6.08 Å². The van der Waals surface area contributed by atoms with Crippen molar-refractivity contribution in [3.8, 4) is 6.07 Å². The highest BCUT2D eigenvalue weighted by molar-refractivity contribution is 6.01. The van der Waals surface area contributed by atoms with Crippen molar-refractivity contribution in [1.82, 2.24) is 5.32 Å². The Kier molecular flexibility index (Phi) is 4.89. The van der Waals surface area contributed by atoms with Crippen LogP contribution < -0.4 is 5.32 Å². The number of rotatable bonds is 4. The Labute approximate surface area is 99.6 Å². The molecule has 0 spiro atoms. The van der Waals surface area contributed by atoms with E-state index in [1.165, 1.54) is 30.3 Å². The van der Waals surface area contributed by atoms with Crippen molar-refractivity contribution in [2.45, 2.75) is 13.3 Å². The van der Waals surface area contributed by atoms with Gasteiger partial charge in [-0.25, -0.2) is 4.39 Å². The topological polar surface area (TPSA) is 52.9 Å². The van der Waals surface area contributed by atoms with Gasteiger partial charge in [0.1, 0.15) is 17.5 Å². The first-order valence-corrected chi connectivity index (χ1v) is 5.33. The van der Waals surface area contributed by atoms with Crippen LogP contribution in [0.15, 0.2) is 29.8 Å². The molecule has 1 amide bonds. The van der Waals surface area contributed by atoms with Gasteiger partial charge >= 0.3 is 0 Å². The lowest BCUT2D eigenvalue weighted by molar-refractivity contribution is -0.117. The molecule has 1 N–H and O–H groups in total. The number of halogens is 1. The Bertz CT molecular complexity index is 457. The van der Waals surface area contributed by atoms with Gasteiger partial charge in [-0.05, 0) is 30.2 Å².